The van der Waals surface area contributed by atoms with Crippen LogP contribution < -0.4 is 11.2 Å². The van der Waals surface area contributed by atoms with Crippen molar-refractivity contribution in [2.45, 2.75) is 38.6 Å². The third-order valence-corrected chi connectivity index (χ3v) is 4.06. The molecule has 1 aromatic carbocycles. The van der Waals surface area contributed by atoms with Gasteiger partial charge in [-0.3, -0.25) is 0 Å². The first kappa shape index (κ1) is 12.4. The Balaban J connectivity index is 2.42. The molecule has 2 N–H and O–H groups in total. The van der Waals surface area contributed by atoms with Crippen LogP contribution in [0.2, 0.25) is 5.31 Å². The van der Waals surface area contributed by atoms with E-state index >= 15 is 0 Å². The van der Waals surface area contributed by atoms with E-state index in [1.165, 1.54) is 12.1 Å². The number of hydrogen-bond acceptors (Lipinski definition) is 2. The minimum atomic E-state index is -0.734. The van der Waals surface area contributed by atoms with Crippen LogP contribution in [0.5, 0.6) is 0 Å². The molecule has 0 atom stereocenters. The molecule has 0 aromatic heterocycles. The van der Waals surface area contributed by atoms with E-state index in [1.54, 1.807) is 0 Å². The predicted molar refractivity (Wildman–Crippen MR) is 65.4 cm³/mol. The molecule has 1 aliphatic rings. The summed E-state index contributed by atoms with van der Waals surface area (Å²) in [6, 6.07) is 2.58. The first-order valence-electron chi connectivity index (χ1n) is 5.59. The first-order valence-corrected chi connectivity index (χ1v) is 5.59. The van der Waals surface area contributed by atoms with E-state index < -0.39 is 17.3 Å². The summed E-state index contributed by atoms with van der Waals surface area (Å²) in [5, 5.41) is -0.224. The van der Waals surface area contributed by atoms with Crippen molar-refractivity contribution in [1.82, 2.24) is 0 Å². The van der Waals surface area contributed by atoms with Crippen molar-refractivity contribution in [3.05, 3.63) is 23.8 Å². The summed E-state index contributed by atoms with van der Waals surface area (Å²) >= 11 is 0. The maximum absolute atomic E-state index is 13.9. The third kappa shape index (κ3) is 1.56. The van der Waals surface area contributed by atoms with E-state index in [0.29, 0.717) is 5.46 Å². The lowest BCUT2D eigenvalue weighted by molar-refractivity contribution is -0.00964. The largest absolute Gasteiger partial charge is 0.425 e. The van der Waals surface area contributed by atoms with Crippen molar-refractivity contribution in [2.24, 2.45) is 0 Å². The number of halogens is 2. The zero-order chi connectivity index (χ0) is 13.0. The summed E-state index contributed by atoms with van der Waals surface area (Å²) < 4.78 is 32.7. The Morgan fingerprint density at radius 1 is 1.18 bits per heavy atom. The Morgan fingerprint density at radius 2 is 1.76 bits per heavy atom. The van der Waals surface area contributed by atoms with Crippen molar-refractivity contribution < 1.29 is 13.4 Å². The maximum atomic E-state index is 13.9. The summed E-state index contributed by atoms with van der Waals surface area (Å²) in [7, 11) is 0. The summed E-state index contributed by atoms with van der Waals surface area (Å²) in [6.45, 7) is 7.52. The van der Waals surface area contributed by atoms with Crippen LogP contribution in [0.25, 0.3) is 0 Å². The standard InChI is InChI=1S/C12H16BF2NO/c1-11(2)12(3,4)17-13(11)7-5-6-8(14)10(16)9(7)15/h5-6H,16H2,1-4H3. The Labute approximate surface area is 100 Å². The monoisotopic (exact) mass is 239 g/mol. The lowest BCUT2D eigenvalue weighted by atomic mass is 9.33. The molecule has 0 amide bonds. The summed E-state index contributed by atoms with van der Waals surface area (Å²) in [4.78, 5) is 0. The van der Waals surface area contributed by atoms with Crippen LogP contribution in [-0.4, -0.2) is 12.5 Å². The molecule has 1 heterocycles. The van der Waals surface area contributed by atoms with Gasteiger partial charge in [0.05, 0.1) is 0 Å². The van der Waals surface area contributed by atoms with Crippen molar-refractivity contribution in [1.29, 1.82) is 0 Å². The van der Waals surface area contributed by atoms with Crippen molar-refractivity contribution >= 4 is 18.1 Å². The highest BCUT2D eigenvalue weighted by molar-refractivity contribution is 6.73. The summed E-state index contributed by atoms with van der Waals surface area (Å²) in [6.07, 6.45) is 0. The molecule has 1 aromatic rings. The molecule has 0 aliphatic carbocycles. The molecule has 1 aliphatic heterocycles. The summed E-state index contributed by atoms with van der Waals surface area (Å²) in [5.41, 5.74) is 4.91. The van der Waals surface area contributed by atoms with Crippen molar-refractivity contribution in [2.75, 3.05) is 5.73 Å². The molecule has 1 fully saturated rings. The lowest BCUT2D eigenvalue weighted by Gasteiger charge is -2.56. The normalized spacial score (nSPS) is 21.2. The molecule has 17 heavy (non-hydrogen) atoms. The second-order valence-electron chi connectivity index (χ2n) is 5.59. The Hall–Kier alpha value is -1.10. The SMILES string of the molecule is CC1(C)OB(c2ccc(F)c(N)c2F)C1(C)C. The van der Waals surface area contributed by atoms with Crippen LogP contribution in [0.15, 0.2) is 12.1 Å². The van der Waals surface area contributed by atoms with Gasteiger partial charge in [0, 0.05) is 10.9 Å². The minimum Gasteiger partial charge on any atom is -0.425 e. The molecule has 92 valence electrons. The van der Waals surface area contributed by atoms with E-state index in [0.717, 1.165) is 0 Å². The lowest BCUT2D eigenvalue weighted by Crippen LogP contribution is -2.67. The van der Waals surface area contributed by atoms with E-state index in [1.807, 2.05) is 27.7 Å². The van der Waals surface area contributed by atoms with Gasteiger partial charge in [-0.15, -0.1) is 0 Å². The van der Waals surface area contributed by atoms with Gasteiger partial charge in [0.25, 0.3) is 0 Å². The molecule has 0 unspecified atom stereocenters. The van der Waals surface area contributed by atoms with Gasteiger partial charge in [0.15, 0.2) is 0 Å². The molecule has 2 nitrogen and oxygen atoms in total. The number of nitrogen functional groups attached to an aromatic ring is 1. The second kappa shape index (κ2) is 3.45. The predicted octanol–water partition coefficient (Wildman–Crippen LogP) is 2.33. The van der Waals surface area contributed by atoms with Crippen LogP contribution in [0.3, 0.4) is 0 Å². The molecule has 0 saturated carbocycles. The van der Waals surface area contributed by atoms with E-state index in [2.05, 4.69) is 0 Å². The number of anilines is 1. The number of nitrogens with two attached hydrogens (primary N) is 1. The van der Waals surface area contributed by atoms with E-state index in [-0.39, 0.29) is 17.8 Å². The van der Waals surface area contributed by atoms with Crippen LogP contribution in [0.4, 0.5) is 14.5 Å². The first-order chi connectivity index (χ1) is 7.68. The fraction of sp³-hybridized carbons (Fsp3) is 0.500. The van der Waals surface area contributed by atoms with Crippen LogP contribution in [0.1, 0.15) is 27.7 Å². The van der Waals surface area contributed by atoms with Gasteiger partial charge < -0.3 is 10.4 Å². The van der Waals surface area contributed by atoms with Crippen molar-refractivity contribution in [3.63, 3.8) is 0 Å². The van der Waals surface area contributed by atoms with Gasteiger partial charge in [-0.25, -0.2) is 8.78 Å². The summed E-state index contributed by atoms with van der Waals surface area (Å²) in [5.74, 6) is -1.44. The fourth-order valence-corrected chi connectivity index (χ4v) is 2.09. The van der Waals surface area contributed by atoms with Crippen molar-refractivity contribution in [3.8, 4) is 0 Å². The fourth-order valence-electron chi connectivity index (χ4n) is 2.09. The molecular weight excluding hydrogens is 223 g/mol. The molecule has 5 heteroatoms. The molecule has 0 spiro atoms. The van der Waals surface area contributed by atoms with Crippen LogP contribution in [0, 0.1) is 11.6 Å². The Kier molecular flexibility index (Phi) is 2.51. The number of rotatable bonds is 1. The molecule has 0 bridgehead atoms. The van der Waals surface area contributed by atoms with Gasteiger partial charge in [0.2, 0.25) is 0 Å². The van der Waals surface area contributed by atoms with Gasteiger partial charge >= 0.3 is 6.92 Å². The zero-order valence-electron chi connectivity index (χ0n) is 10.5. The number of hydrogen-bond donors (Lipinski definition) is 1. The third-order valence-electron chi connectivity index (χ3n) is 4.06. The number of benzene rings is 1. The Morgan fingerprint density at radius 3 is 2.24 bits per heavy atom. The molecule has 1 saturated heterocycles. The van der Waals surface area contributed by atoms with Gasteiger partial charge in [-0.2, -0.15) is 0 Å². The molecular formula is C12H16BF2NO. The molecule has 0 radical (unpaired) electrons. The smallest absolute Gasteiger partial charge is 0.338 e. The molecule has 2 rings (SSSR count). The van der Waals surface area contributed by atoms with Crippen LogP contribution >= 0.6 is 0 Å². The highest BCUT2D eigenvalue weighted by atomic mass is 19.1. The zero-order valence-corrected chi connectivity index (χ0v) is 10.5. The average Bonchev–Trinajstić information content (AvgIpc) is 2.24. The topological polar surface area (TPSA) is 35.2 Å². The second-order valence-corrected chi connectivity index (χ2v) is 5.59. The maximum Gasteiger partial charge on any atom is 0.338 e. The van der Waals surface area contributed by atoms with Gasteiger partial charge in [-0.05, 0) is 25.4 Å². The Bertz CT molecular complexity index is 474. The highest BCUT2D eigenvalue weighted by Crippen LogP contribution is 2.53. The highest BCUT2D eigenvalue weighted by Gasteiger charge is 2.60. The van der Waals surface area contributed by atoms with Crippen LogP contribution in [-0.2, 0) is 4.65 Å². The van der Waals surface area contributed by atoms with E-state index in [9.17, 15) is 8.78 Å². The quantitative estimate of drug-likeness (QED) is 0.603. The minimum absolute atomic E-state index is 0.224. The van der Waals surface area contributed by atoms with Gasteiger partial charge in [0.1, 0.15) is 17.3 Å². The average molecular weight is 239 g/mol. The van der Waals surface area contributed by atoms with E-state index in [4.69, 9.17) is 10.4 Å². The van der Waals surface area contributed by atoms with Gasteiger partial charge in [-0.1, -0.05) is 19.9 Å².